The lowest BCUT2D eigenvalue weighted by Crippen LogP contribution is -2.39. The van der Waals surface area contributed by atoms with Crippen LogP contribution in [0.4, 0.5) is 5.69 Å². The molecule has 0 fully saturated rings. The van der Waals surface area contributed by atoms with Crippen molar-refractivity contribution in [2.45, 2.75) is 32.9 Å². The minimum Gasteiger partial charge on any atom is -0.496 e. The highest BCUT2D eigenvalue weighted by Crippen LogP contribution is 2.28. The standard InChI is InChI=1S/C17H19NO3.C5H13NO.CH4N2O/c1-12-9-13(10-19)7-8-16(12)21-11-14-15(18-2)5-4-6-17(14)20-3;1-5(2,4-7)6-3;2-3-1-4/h4-10,18H,11H2,1-3H3;6-7H,4H2,1-3H3;1H,2H2,(H,3,4). The van der Waals surface area contributed by atoms with Gasteiger partial charge >= 0.3 is 0 Å². The normalized spacial score (nSPS) is 9.88. The molecule has 32 heavy (non-hydrogen) atoms. The zero-order valence-electron chi connectivity index (χ0n) is 19.7. The number of anilines is 1. The molecule has 1 amide bonds. The Morgan fingerprint density at radius 2 is 1.78 bits per heavy atom. The van der Waals surface area contributed by atoms with Crippen LogP contribution in [0, 0.1) is 6.92 Å². The molecule has 6 N–H and O–H groups in total. The zero-order valence-corrected chi connectivity index (χ0v) is 19.7. The zero-order chi connectivity index (χ0) is 24.6. The van der Waals surface area contributed by atoms with E-state index in [2.05, 4.69) is 16.5 Å². The molecule has 9 heteroatoms. The molecule has 2 aromatic carbocycles. The quantitative estimate of drug-likeness (QED) is 0.170. The van der Waals surface area contributed by atoms with Gasteiger partial charge in [-0.2, -0.15) is 0 Å². The predicted octanol–water partition coefficient (Wildman–Crippen LogP) is 2.02. The summed E-state index contributed by atoms with van der Waals surface area (Å²) in [5, 5.41) is 14.6. The number of methoxy groups -OCH3 is 1. The van der Waals surface area contributed by atoms with E-state index >= 15 is 0 Å². The van der Waals surface area contributed by atoms with Gasteiger partial charge in [-0.3, -0.25) is 15.0 Å². The van der Waals surface area contributed by atoms with Gasteiger partial charge in [-0.1, -0.05) is 6.07 Å². The van der Waals surface area contributed by atoms with Crippen molar-refractivity contribution in [3.63, 3.8) is 0 Å². The van der Waals surface area contributed by atoms with Crippen molar-refractivity contribution in [3.05, 3.63) is 53.1 Å². The number of aryl methyl sites for hydroxylation is 1. The summed E-state index contributed by atoms with van der Waals surface area (Å²) in [5.41, 5.74) is 5.14. The Hall–Kier alpha value is -3.14. The molecule has 0 saturated carbocycles. The third-order valence-electron chi connectivity index (χ3n) is 4.47. The Morgan fingerprint density at radius 1 is 1.12 bits per heavy atom. The molecule has 0 saturated heterocycles. The Kier molecular flexibility index (Phi) is 14.1. The van der Waals surface area contributed by atoms with Crippen molar-refractivity contribution < 1.29 is 24.2 Å². The number of benzene rings is 2. The fourth-order valence-corrected chi connectivity index (χ4v) is 2.28. The molecule has 178 valence electrons. The summed E-state index contributed by atoms with van der Waals surface area (Å²) in [5.74, 6) is 5.95. The Balaban J connectivity index is 0.000000728. The monoisotopic (exact) mass is 448 g/mol. The van der Waals surface area contributed by atoms with Gasteiger partial charge in [0.25, 0.3) is 0 Å². The van der Waals surface area contributed by atoms with E-state index in [1.54, 1.807) is 18.6 Å². The fraction of sp³-hybridized carbons (Fsp3) is 0.391. The maximum Gasteiger partial charge on any atom is 0.221 e. The van der Waals surface area contributed by atoms with Gasteiger partial charge in [0.1, 0.15) is 24.4 Å². The smallest absolute Gasteiger partial charge is 0.221 e. The van der Waals surface area contributed by atoms with Crippen LogP contribution in [0.3, 0.4) is 0 Å². The first-order chi connectivity index (χ1) is 15.2. The van der Waals surface area contributed by atoms with Crippen LogP contribution in [0.5, 0.6) is 11.5 Å². The minimum absolute atomic E-state index is 0.111. The molecular formula is C23H36N4O5. The predicted molar refractivity (Wildman–Crippen MR) is 127 cm³/mol. The molecule has 2 rings (SSSR count). The minimum atomic E-state index is -0.111. The molecule has 2 aromatic rings. The molecule has 0 heterocycles. The molecule has 0 atom stereocenters. The lowest BCUT2D eigenvalue weighted by atomic mass is 10.1. The van der Waals surface area contributed by atoms with Crippen LogP contribution < -0.4 is 31.4 Å². The molecule has 0 bridgehead atoms. The number of hydrazine groups is 1. The number of aldehydes is 1. The first-order valence-electron chi connectivity index (χ1n) is 9.95. The second kappa shape index (κ2) is 15.6. The molecule has 0 aromatic heterocycles. The molecular weight excluding hydrogens is 412 g/mol. The third-order valence-corrected chi connectivity index (χ3v) is 4.47. The lowest BCUT2D eigenvalue weighted by Gasteiger charge is -2.19. The maximum atomic E-state index is 10.8. The van der Waals surface area contributed by atoms with Gasteiger partial charge in [0.2, 0.25) is 6.41 Å². The summed E-state index contributed by atoms with van der Waals surface area (Å²) in [4.78, 5) is 19.7. The number of likely N-dealkylation sites (N-methyl/N-ethyl adjacent to an activating group) is 1. The van der Waals surface area contributed by atoms with Gasteiger partial charge in [0, 0.05) is 23.8 Å². The number of nitrogens with one attached hydrogen (secondary N) is 3. The second-order valence-corrected chi connectivity index (χ2v) is 7.24. The van der Waals surface area contributed by atoms with Crippen LogP contribution in [-0.2, 0) is 11.4 Å². The third kappa shape index (κ3) is 10.3. The number of ether oxygens (including phenoxy) is 2. The van der Waals surface area contributed by atoms with Crippen LogP contribution in [0.2, 0.25) is 0 Å². The number of hydrogen-bond acceptors (Lipinski definition) is 8. The Morgan fingerprint density at radius 3 is 2.19 bits per heavy atom. The van der Waals surface area contributed by atoms with Crippen LogP contribution in [0.15, 0.2) is 36.4 Å². The topological polar surface area (TPSA) is 135 Å². The van der Waals surface area contributed by atoms with E-state index in [0.717, 1.165) is 34.6 Å². The number of carbonyl (C=O) groups is 2. The highest BCUT2D eigenvalue weighted by atomic mass is 16.5. The molecule has 0 spiro atoms. The Bertz CT molecular complexity index is 800. The van der Waals surface area contributed by atoms with Crippen LogP contribution in [0.1, 0.15) is 35.3 Å². The number of carbonyl (C=O) groups excluding carboxylic acids is 2. The van der Waals surface area contributed by atoms with Crippen LogP contribution >= 0.6 is 0 Å². The first-order valence-corrected chi connectivity index (χ1v) is 9.95. The van der Waals surface area contributed by atoms with Crippen molar-refractivity contribution in [1.29, 1.82) is 0 Å². The molecule has 0 unspecified atom stereocenters. The van der Waals surface area contributed by atoms with Gasteiger partial charge in [0.15, 0.2) is 0 Å². The van der Waals surface area contributed by atoms with E-state index in [4.69, 9.17) is 19.4 Å². The van der Waals surface area contributed by atoms with Crippen molar-refractivity contribution in [3.8, 4) is 11.5 Å². The second-order valence-electron chi connectivity index (χ2n) is 7.24. The average molecular weight is 449 g/mol. The van der Waals surface area contributed by atoms with Crippen molar-refractivity contribution in [2.75, 3.05) is 33.1 Å². The highest BCUT2D eigenvalue weighted by Gasteiger charge is 2.11. The maximum absolute atomic E-state index is 10.8. The number of nitrogens with two attached hydrogens (primary N) is 1. The summed E-state index contributed by atoms with van der Waals surface area (Å²) in [6.45, 7) is 6.37. The molecule has 0 aliphatic heterocycles. The highest BCUT2D eigenvalue weighted by molar-refractivity contribution is 5.75. The Labute approximate surface area is 190 Å². The van der Waals surface area contributed by atoms with Gasteiger partial charge in [-0.05, 0) is 63.7 Å². The number of hydrogen-bond donors (Lipinski definition) is 5. The fourth-order valence-electron chi connectivity index (χ4n) is 2.28. The van der Waals surface area contributed by atoms with E-state index in [1.165, 1.54) is 0 Å². The van der Waals surface area contributed by atoms with E-state index in [1.807, 2.05) is 65.2 Å². The molecule has 0 aliphatic carbocycles. The van der Waals surface area contributed by atoms with Gasteiger partial charge in [-0.15, -0.1) is 0 Å². The van der Waals surface area contributed by atoms with E-state index in [0.29, 0.717) is 18.6 Å². The summed E-state index contributed by atoms with van der Waals surface area (Å²) in [6.07, 6.45) is 1.23. The average Bonchev–Trinajstić information content (AvgIpc) is 2.83. The number of aliphatic hydroxyl groups excluding tert-OH is 1. The SMILES string of the molecule is CNC(C)(C)CO.CNc1cccc(OC)c1COc1ccc(C=O)cc1C.NNC=O. The van der Waals surface area contributed by atoms with Crippen molar-refractivity contribution in [1.82, 2.24) is 10.7 Å². The molecule has 0 aliphatic rings. The summed E-state index contributed by atoms with van der Waals surface area (Å²) >= 11 is 0. The largest absolute Gasteiger partial charge is 0.496 e. The molecule has 9 nitrogen and oxygen atoms in total. The van der Waals surface area contributed by atoms with Gasteiger partial charge in [0.05, 0.1) is 19.3 Å². The van der Waals surface area contributed by atoms with Crippen molar-refractivity contribution >= 4 is 18.4 Å². The van der Waals surface area contributed by atoms with Crippen LogP contribution in [-0.4, -0.2) is 51.2 Å². The summed E-state index contributed by atoms with van der Waals surface area (Å²) < 4.78 is 11.2. The lowest BCUT2D eigenvalue weighted by molar-refractivity contribution is -0.109. The molecule has 0 radical (unpaired) electrons. The number of aliphatic hydroxyl groups is 1. The summed E-state index contributed by atoms with van der Waals surface area (Å²) in [7, 11) is 5.33. The number of amides is 1. The van der Waals surface area contributed by atoms with Gasteiger partial charge in [-0.25, -0.2) is 5.84 Å². The number of rotatable bonds is 9. The summed E-state index contributed by atoms with van der Waals surface area (Å²) in [6, 6.07) is 11.2. The van der Waals surface area contributed by atoms with Crippen molar-refractivity contribution in [2.24, 2.45) is 5.84 Å². The van der Waals surface area contributed by atoms with Crippen LogP contribution in [0.25, 0.3) is 0 Å². The first kappa shape index (κ1) is 28.9. The van der Waals surface area contributed by atoms with E-state index < -0.39 is 0 Å². The van der Waals surface area contributed by atoms with E-state index in [-0.39, 0.29) is 12.1 Å². The van der Waals surface area contributed by atoms with Gasteiger partial charge < -0.3 is 25.2 Å². The van der Waals surface area contributed by atoms with E-state index in [9.17, 15) is 4.79 Å².